The highest BCUT2D eigenvalue weighted by molar-refractivity contribution is 5.95. The molecule has 108 valence electrons. The van der Waals surface area contributed by atoms with E-state index in [9.17, 15) is 14.0 Å². The standard InChI is InChI=1S/C14H18FN3O2/c1-16-14(20)17-13(19)9-18-8-2-3-12(18)10-4-6-11(15)7-5-10/h4-7,12H,2-3,8-9H2,1H3,(H2,16,17,19,20). The van der Waals surface area contributed by atoms with Crippen molar-refractivity contribution < 1.29 is 14.0 Å². The number of likely N-dealkylation sites (tertiary alicyclic amines) is 1. The molecule has 3 amide bonds. The van der Waals surface area contributed by atoms with E-state index in [1.165, 1.54) is 19.2 Å². The van der Waals surface area contributed by atoms with Gasteiger partial charge in [0.25, 0.3) is 0 Å². The van der Waals surface area contributed by atoms with Crippen LogP contribution in [0.1, 0.15) is 24.4 Å². The van der Waals surface area contributed by atoms with Gasteiger partial charge in [0, 0.05) is 13.1 Å². The van der Waals surface area contributed by atoms with Gasteiger partial charge >= 0.3 is 6.03 Å². The summed E-state index contributed by atoms with van der Waals surface area (Å²) in [5.41, 5.74) is 0.997. The Hall–Kier alpha value is -1.95. The van der Waals surface area contributed by atoms with Crippen LogP contribution in [0.25, 0.3) is 0 Å². The van der Waals surface area contributed by atoms with E-state index in [-0.39, 0.29) is 24.3 Å². The maximum atomic E-state index is 12.9. The maximum Gasteiger partial charge on any atom is 0.321 e. The van der Waals surface area contributed by atoms with E-state index in [0.717, 1.165) is 24.9 Å². The molecule has 1 aromatic rings. The largest absolute Gasteiger partial charge is 0.341 e. The van der Waals surface area contributed by atoms with Gasteiger partial charge in [-0.25, -0.2) is 9.18 Å². The first-order chi connectivity index (χ1) is 9.60. The van der Waals surface area contributed by atoms with Crippen LogP contribution in [-0.4, -0.2) is 37.0 Å². The van der Waals surface area contributed by atoms with Crippen molar-refractivity contribution in [1.82, 2.24) is 15.5 Å². The van der Waals surface area contributed by atoms with Gasteiger partial charge in [-0.3, -0.25) is 15.0 Å². The monoisotopic (exact) mass is 279 g/mol. The van der Waals surface area contributed by atoms with Gasteiger partial charge in [0.1, 0.15) is 5.82 Å². The summed E-state index contributed by atoms with van der Waals surface area (Å²) in [4.78, 5) is 24.8. The molecule has 1 aromatic carbocycles. The summed E-state index contributed by atoms with van der Waals surface area (Å²) >= 11 is 0. The first-order valence-electron chi connectivity index (χ1n) is 6.61. The van der Waals surface area contributed by atoms with Crippen molar-refractivity contribution >= 4 is 11.9 Å². The summed E-state index contributed by atoms with van der Waals surface area (Å²) in [7, 11) is 1.46. The van der Waals surface area contributed by atoms with Crippen molar-refractivity contribution in [3.63, 3.8) is 0 Å². The zero-order valence-corrected chi connectivity index (χ0v) is 11.4. The fourth-order valence-corrected chi connectivity index (χ4v) is 2.49. The van der Waals surface area contributed by atoms with Gasteiger partial charge in [0.15, 0.2) is 0 Å². The van der Waals surface area contributed by atoms with E-state index >= 15 is 0 Å². The van der Waals surface area contributed by atoms with Gasteiger partial charge in [-0.1, -0.05) is 12.1 Å². The molecule has 0 bridgehead atoms. The van der Waals surface area contributed by atoms with E-state index in [1.54, 1.807) is 12.1 Å². The summed E-state index contributed by atoms with van der Waals surface area (Å²) in [5.74, 6) is -0.603. The highest BCUT2D eigenvalue weighted by Gasteiger charge is 2.27. The van der Waals surface area contributed by atoms with Crippen LogP contribution in [0.3, 0.4) is 0 Å². The average Bonchev–Trinajstić information content (AvgIpc) is 2.87. The molecule has 2 rings (SSSR count). The number of rotatable bonds is 3. The summed E-state index contributed by atoms with van der Waals surface area (Å²) < 4.78 is 12.9. The number of nitrogens with one attached hydrogen (secondary N) is 2. The van der Waals surface area contributed by atoms with Crippen LogP contribution in [0.5, 0.6) is 0 Å². The molecule has 6 heteroatoms. The maximum absolute atomic E-state index is 12.9. The number of imide groups is 1. The number of hydrogen-bond acceptors (Lipinski definition) is 3. The van der Waals surface area contributed by atoms with Crippen molar-refractivity contribution in [2.24, 2.45) is 0 Å². The Morgan fingerprint density at radius 3 is 2.70 bits per heavy atom. The first-order valence-corrected chi connectivity index (χ1v) is 6.61. The quantitative estimate of drug-likeness (QED) is 0.879. The van der Waals surface area contributed by atoms with E-state index in [1.807, 2.05) is 4.90 Å². The molecular formula is C14H18FN3O2. The Labute approximate surface area is 117 Å². The third kappa shape index (κ3) is 3.54. The minimum atomic E-state index is -0.507. The van der Waals surface area contributed by atoms with E-state index in [0.29, 0.717) is 0 Å². The number of carbonyl (C=O) groups is 2. The Bertz CT molecular complexity index is 490. The van der Waals surface area contributed by atoms with Crippen LogP contribution in [0.4, 0.5) is 9.18 Å². The second kappa shape index (κ2) is 6.47. The molecule has 1 atom stereocenters. The van der Waals surface area contributed by atoms with Crippen LogP contribution in [0.2, 0.25) is 0 Å². The molecule has 1 saturated heterocycles. The predicted octanol–water partition coefficient (Wildman–Crippen LogP) is 1.42. The number of benzene rings is 1. The molecule has 1 fully saturated rings. The van der Waals surface area contributed by atoms with Gasteiger partial charge in [0.2, 0.25) is 5.91 Å². The van der Waals surface area contributed by atoms with Gasteiger partial charge in [-0.15, -0.1) is 0 Å². The number of amides is 3. The SMILES string of the molecule is CNC(=O)NC(=O)CN1CCCC1c1ccc(F)cc1. The lowest BCUT2D eigenvalue weighted by atomic mass is 10.0. The fourth-order valence-electron chi connectivity index (χ4n) is 2.49. The van der Waals surface area contributed by atoms with Gasteiger partial charge in [0.05, 0.1) is 6.54 Å². The molecule has 1 aliphatic rings. The zero-order valence-electron chi connectivity index (χ0n) is 11.4. The normalized spacial score (nSPS) is 18.8. The molecule has 5 nitrogen and oxygen atoms in total. The number of nitrogens with zero attached hydrogens (tertiary/aromatic N) is 1. The summed E-state index contributed by atoms with van der Waals surface area (Å²) in [6, 6.07) is 5.94. The molecule has 0 spiro atoms. The van der Waals surface area contributed by atoms with Crippen molar-refractivity contribution in [1.29, 1.82) is 0 Å². The van der Waals surface area contributed by atoms with E-state index in [2.05, 4.69) is 10.6 Å². The van der Waals surface area contributed by atoms with Crippen molar-refractivity contribution in [2.75, 3.05) is 20.1 Å². The highest BCUT2D eigenvalue weighted by Crippen LogP contribution is 2.31. The van der Waals surface area contributed by atoms with E-state index in [4.69, 9.17) is 0 Å². The molecule has 1 aliphatic heterocycles. The Morgan fingerprint density at radius 2 is 2.05 bits per heavy atom. The Kier molecular flexibility index (Phi) is 4.68. The second-order valence-corrected chi connectivity index (χ2v) is 4.81. The Morgan fingerprint density at radius 1 is 1.35 bits per heavy atom. The smallest absolute Gasteiger partial charge is 0.321 e. The number of carbonyl (C=O) groups excluding carboxylic acids is 2. The zero-order chi connectivity index (χ0) is 14.5. The molecule has 20 heavy (non-hydrogen) atoms. The Balaban J connectivity index is 1.98. The third-order valence-corrected chi connectivity index (χ3v) is 3.45. The van der Waals surface area contributed by atoms with Crippen LogP contribution in [0.15, 0.2) is 24.3 Å². The first kappa shape index (κ1) is 14.5. The van der Waals surface area contributed by atoms with Crippen LogP contribution < -0.4 is 10.6 Å². The number of urea groups is 1. The van der Waals surface area contributed by atoms with Gasteiger partial charge in [-0.2, -0.15) is 0 Å². The van der Waals surface area contributed by atoms with Crippen molar-refractivity contribution in [2.45, 2.75) is 18.9 Å². The topological polar surface area (TPSA) is 61.4 Å². The van der Waals surface area contributed by atoms with Gasteiger partial charge in [-0.05, 0) is 37.1 Å². The second-order valence-electron chi connectivity index (χ2n) is 4.81. The summed E-state index contributed by atoms with van der Waals surface area (Å²) in [6.45, 7) is 0.957. The van der Waals surface area contributed by atoms with Gasteiger partial charge < -0.3 is 5.32 Å². The van der Waals surface area contributed by atoms with Crippen LogP contribution in [0, 0.1) is 5.82 Å². The van der Waals surface area contributed by atoms with Crippen LogP contribution >= 0.6 is 0 Å². The van der Waals surface area contributed by atoms with E-state index < -0.39 is 6.03 Å². The minimum Gasteiger partial charge on any atom is -0.341 e. The summed E-state index contributed by atoms with van der Waals surface area (Å²) in [6.07, 6.45) is 1.91. The molecule has 1 heterocycles. The molecular weight excluding hydrogens is 261 g/mol. The lowest BCUT2D eigenvalue weighted by Gasteiger charge is -2.24. The predicted molar refractivity (Wildman–Crippen MR) is 72.5 cm³/mol. The lowest BCUT2D eigenvalue weighted by Crippen LogP contribution is -2.43. The molecule has 0 saturated carbocycles. The average molecular weight is 279 g/mol. The highest BCUT2D eigenvalue weighted by atomic mass is 19.1. The molecule has 1 unspecified atom stereocenters. The number of halogens is 1. The summed E-state index contributed by atoms with van der Waals surface area (Å²) in [5, 5.41) is 4.59. The van der Waals surface area contributed by atoms with Crippen molar-refractivity contribution in [3.05, 3.63) is 35.6 Å². The van der Waals surface area contributed by atoms with Crippen molar-refractivity contribution in [3.8, 4) is 0 Å². The number of hydrogen-bond donors (Lipinski definition) is 2. The molecule has 0 aromatic heterocycles. The molecule has 0 radical (unpaired) electrons. The molecule has 0 aliphatic carbocycles. The third-order valence-electron chi connectivity index (χ3n) is 3.45. The minimum absolute atomic E-state index is 0.103. The fraction of sp³-hybridized carbons (Fsp3) is 0.429. The lowest BCUT2D eigenvalue weighted by molar-refractivity contribution is -0.121. The van der Waals surface area contributed by atoms with Crippen LogP contribution in [-0.2, 0) is 4.79 Å². The molecule has 2 N–H and O–H groups in total.